The Labute approximate surface area is 103 Å². The summed E-state index contributed by atoms with van der Waals surface area (Å²) in [4.78, 5) is 0.278. The van der Waals surface area contributed by atoms with E-state index < -0.39 is 15.6 Å². The fourth-order valence-corrected chi connectivity index (χ4v) is 3.61. The molecule has 0 spiro atoms. The van der Waals surface area contributed by atoms with E-state index in [2.05, 4.69) is 4.72 Å². The molecule has 0 aromatic rings. The van der Waals surface area contributed by atoms with Crippen LogP contribution < -0.4 is 10.5 Å². The van der Waals surface area contributed by atoms with Gasteiger partial charge in [0, 0.05) is 0 Å². The van der Waals surface area contributed by atoms with Gasteiger partial charge in [-0.1, -0.05) is 44.3 Å². The predicted molar refractivity (Wildman–Crippen MR) is 69.8 cm³/mol. The van der Waals surface area contributed by atoms with Gasteiger partial charge in [0.1, 0.15) is 0 Å². The molecule has 4 nitrogen and oxygen atoms in total. The first-order valence-corrected chi connectivity index (χ1v) is 7.95. The van der Waals surface area contributed by atoms with E-state index in [1.54, 1.807) is 0 Å². The van der Waals surface area contributed by atoms with Crippen LogP contribution in [0.1, 0.15) is 44.9 Å². The Kier molecular flexibility index (Phi) is 4.70. The van der Waals surface area contributed by atoms with E-state index >= 15 is 0 Å². The number of nitrogens with one attached hydrogen (secondary N) is 1. The van der Waals surface area contributed by atoms with Gasteiger partial charge in [0.05, 0.1) is 16.8 Å². The average molecular weight is 264 g/mol. The molecule has 0 heterocycles. The van der Waals surface area contributed by atoms with Crippen molar-refractivity contribution in [2.45, 2.75) is 50.5 Å². The Morgan fingerprint density at radius 3 is 2.00 bits per heavy atom. The van der Waals surface area contributed by atoms with Gasteiger partial charge in [-0.25, -0.2) is 13.1 Å². The minimum atomic E-state index is -3.27. The maximum absolute atomic E-state index is 11.4. The van der Waals surface area contributed by atoms with Crippen LogP contribution in [0.15, 0.2) is 0 Å². The number of thiocarbonyl (C=S) groups is 1. The lowest BCUT2D eigenvalue weighted by atomic mass is 9.85. The normalized spacial score (nSPS) is 22.1. The molecule has 1 saturated carbocycles. The molecule has 0 aromatic heterocycles. The van der Waals surface area contributed by atoms with Crippen molar-refractivity contribution in [3.05, 3.63) is 0 Å². The summed E-state index contributed by atoms with van der Waals surface area (Å²) in [6.07, 6.45) is 7.99. The van der Waals surface area contributed by atoms with E-state index in [-0.39, 0.29) is 4.99 Å². The van der Waals surface area contributed by atoms with Crippen molar-refractivity contribution in [3.8, 4) is 0 Å². The maximum atomic E-state index is 11.4. The molecule has 0 unspecified atom stereocenters. The van der Waals surface area contributed by atoms with Gasteiger partial charge in [0.15, 0.2) is 0 Å². The van der Waals surface area contributed by atoms with Crippen LogP contribution in [0, 0.1) is 0 Å². The third kappa shape index (κ3) is 3.99. The molecule has 16 heavy (non-hydrogen) atoms. The summed E-state index contributed by atoms with van der Waals surface area (Å²) in [5.41, 5.74) is 5.04. The van der Waals surface area contributed by atoms with Crippen LogP contribution in [0.4, 0.5) is 0 Å². The lowest BCUT2D eigenvalue weighted by Gasteiger charge is -2.34. The van der Waals surface area contributed by atoms with Crippen LogP contribution in [0.2, 0.25) is 0 Å². The fraction of sp³-hybridized carbons (Fsp3) is 0.900. The Balaban J connectivity index is 2.88. The molecule has 0 amide bonds. The number of rotatable bonds is 3. The predicted octanol–water partition coefficient (Wildman–Crippen LogP) is 1.30. The van der Waals surface area contributed by atoms with Crippen molar-refractivity contribution < 1.29 is 8.42 Å². The molecule has 0 aliphatic heterocycles. The van der Waals surface area contributed by atoms with Crippen molar-refractivity contribution in [3.63, 3.8) is 0 Å². The molecule has 1 fully saturated rings. The van der Waals surface area contributed by atoms with Crippen molar-refractivity contribution in [1.82, 2.24) is 4.72 Å². The Morgan fingerprint density at radius 2 is 1.62 bits per heavy atom. The topological polar surface area (TPSA) is 72.2 Å². The summed E-state index contributed by atoms with van der Waals surface area (Å²) in [5.74, 6) is 0. The minimum absolute atomic E-state index is 0.278. The van der Waals surface area contributed by atoms with Crippen LogP contribution in [-0.4, -0.2) is 25.2 Å². The molecule has 0 saturated heterocycles. The smallest absolute Gasteiger partial charge is 0.209 e. The monoisotopic (exact) mass is 264 g/mol. The van der Waals surface area contributed by atoms with E-state index in [1.807, 2.05) is 0 Å². The van der Waals surface area contributed by atoms with E-state index in [1.165, 1.54) is 6.42 Å². The highest BCUT2D eigenvalue weighted by Crippen LogP contribution is 2.27. The van der Waals surface area contributed by atoms with Gasteiger partial charge in [-0.15, -0.1) is 0 Å². The van der Waals surface area contributed by atoms with Gasteiger partial charge in [-0.2, -0.15) is 0 Å². The zero-order chi connectivity index (χ0) is 12.2. The standard InChI is InChI=1S/C10H20N2O2S2/c1-16(13,14)12-10(9(11)15)7-5-3-2-4-6-8-10/h12H,2-8H2,1H3,(H2,11,15). The van der Waals surface area contributed by atoms with Crippen LogP contribution in [0.25, 0.3) is 0 Å². The summed E-state index contributed by atoms with van der Waals surface area (Å²) in [5, 5.41) is 0. The summed E-state index contributed by atoms with van der Waals surface area (Å²) in [6.45, 7) is 0. The highest BCUT2D eigenvalue weighted by Gasteiger charge is 2.35. The number of sulfonamides is 1. The molecule has 3 N–H and O–H groups in total. The van der Waals surface area contributed by atoms with E-state index in [0.717, 1.165) is 44.8 Å². The molecule has 0 aromatic carbocycles. The number of hydrogen-bond acceptors (Lipinski definition) is 3. The van der Waals surface area contributed by atoms with E-state index in [4.69, 9.17) is 18.0 Å². The van der Waals surface area contributed by atoms with Crippen molar-refractivity contribution in [1.29, 1.82) is 0 Å². The molecular formula is C10H20N2O2S2. The van der Waals surface area contributed by atoms with Crippen LogP contribution in [0.3, 0.4) is 0 Å². The Bertz CT molecular complexity index is 344. The second kappa shape index (κ2) is 5.42. The van der Waals surface area contributed by atoms with Gasteiger partial charge in [0.2, 0.25) is 10.0 Å². The highest BCUT2D eigenvalue weighted by atomic mass is 32.2. The van der Waals surface area contributed by atoms with E-state index in [0.29, 0.717) is 0 Å². The molecule has 0 bridgehead atoms. The quantitative estimate of drug-likeness (QED) is 0.754. The molecule has 1 aliphatic carbocycles. The zero-order valence-corrected chi connectivity index (χ0v) is 11.3. The zero-order valence-electron chi connectivity index (χ0n) is 9.66. The maximum Gasteiger partial charge on any atom is 0.209 e. The van der Waals surface area contributed by atoms with Gasteiger partial charge in [0.25, 0.3) is 0 Å². The molecular weight excluding hydrogens is 244 g/mol. The van der Waals surface area contributed by atoms with Crippen molar-refractivity contribution in [2.24, 2.45) is 5.73 Å². The van der Waals surface area contributed by atoms with Crippen LogP contribution in [0.5, 0.6) is 0 Å². The second-order valence-corrected chi connectivity index (χ2v) is 6.78. The molecule has 1 aliphatic rings. The summed E-state index contributed by atoms with van der Waals surface area (Å²) >= 11 is 5.05. The van der Waals surface area contributed by atoms with E-state index in [9.17, 15) is 8.42 Å². The number of hydrogen-bond donors (Lipinski definition) is 2. The average Bonchev–Trinajstić information content (AvgIpc) is 2.07. The third-order valence-electron chi connectivity index (χ3n) is 3.06. The first-order valence-electron chi connectivity index (χ1n) is 5.65. The van der Waals surface area contributed by atoms with Crippen LogP contribution >= 0.6 is 12.2 Å². The lowest BCUT2D eigenvalue weighted by molar-refractivity contribution is 0.372. The molecule has 0 atom stereocenters. The highest BCUT2D eigenvalue weighted by molar-refractivity contribution is 7.89. The van der Waals surface area contributed by atoms with Gasteiger partial charge in [-0.05, 0) is 12.8 Å². The molecule has 6 heteroatoms. The largest absolute Gasteiger partial charge is 0.392 e. The first kappa shape index (κ1) is 13.9. The molecule has 94 valence electrons. The Morgan fingerprint density at radius 1 is 1.19 bits per heavy atom. The summed E-state index contributed by atoms with van der Waals surface area (Å²) in [7, 11) is -3.27. The molecule has 1 rings (SSSR count). The van der Waals surface area contributed by atoms with Gasteiger partial charge < -0.3 is 5.73 Å². The van der Waals surface area contributed by atoms with Gasteiger partial charge >= 0.3 is 0 Å². The fourth-order valence-electron chi connectivity index (χ4n) is 2.26. The number of nitrogens with two attached hydrogens (primary N) is 1. The summed E-state index contributed by atoms with van der Waals surface area (Å²) < 4.78 is 25.4. The summed E-state index contributed by atoms with van der Waals surface area (Å²) in [6, 6.07) is 0. The molecule has 0 radical (unpaired) electrons. The first-order chi connectivity index (χ1) is 7.36. The Hall–Kier alpha value is -0.200. The van der Waals surface area contributed by atoms with Crippen LogP contribution in [-0.2, 0) is 10.0 Å². The SMILES string of the molecule is CS(=O)(=O)NC1(C(N)=S)CCCCCCC1. The van der Waals surface area contributed by atoms with Crippen molar-refractivity contribution in [2.75, 3.05) is 6.26 Å². The second-order valence-electron chi connectivity index (χ2n) is 4.59. The van der Waals surface area contributed by atoms with Crippen molar-refractivity contribution >= 4 is 27.2 Å². The lowest BCUT2D eigenvalue weighted by Crippen LogP contribution is -2.56. The van der Waals surface area contributed by atoms with Gasteiger partial charge in [-0.3, -0.25) is 0 Å². The third-order valence-corrected chi connectivity index (χ3v) is 4.21. The minimum Gasteiger partial charge on any atom is -0.392 e.